The molecule has 0 spiro atoms. The van der Waals surface area contributed by atoms with E-state index in [0.29, 0.717) is 28.5 Å². The molecule has 3 aromatic carbocycles. The number of amides is 1. The molecule has 1 saturated carbocycles. The third-order valence-electron chi connectivity index (χ3n) is 6.27. The number of benzene rings is 3. The summed E-state index contributed by atoms with van der Waals surface area (Å²) in [6, 6.07) is 21.3. The molecule has 1 aliphatic carbocycles. The number of hydrogen-bond donors (Lipinski definition) is 1. The minimum atomic E-state index is -3.92. The lowest BCUT2D eigenvalue weighted by Crippen LogP contribution is -2.36. The predicted octanol–water partition coefficient (Wildman–Crippen LogP) is 5.38. The van der Waals surface area contributed by atoms with Gasteiger partial charge in [-0.15, -0.1) is 4.40 Å². The van der Waals surface area contributed by atoms with Gasteiger partial charge in [-0.25, -0.2) is 0 Å². The van der Waals surface area contributed by atoms with Crippen LogP contribution in [0.4, 0.5) is 17.1 Å². The van der Waals surface area contributed by atoms with Crippen LogP contribution in [0.15, 0.2) is 82.1 Å². The van der Waals surface area contributed by atoms with Crippen molar-refractivity contribution in [3.63, 3.8) is 0 Å². The number of carbonyl (C=O) groups excluding carboxylic acids is 1. The number of nitrogens with one attached hydrogen (secondary N) is 1. The van der Waals surface area contributed by atoms with Crippen molar-refractivity contribution in [2.45, 2.75) is 30.6 Å². The van der Waals surface area contributed by atoms with E-state index in [4.69, 9.17) is 4.74 Å². The van der Waals surface area contributed by atoms with Crippen molar-refractivity contribution >= 4 is 38.8 Å². The van der Waals surface area contributed by atoms with Gasteiger partial charge in [0.05, 0.1) is 12.8 Å². The summed E-state index contributed by atoms with van der Waals surface area (Å²) in [5.74, 6) is 0.975. The van der Waals surface area contributed by atoms with Gasteiger partial charge in [0.2, 0.25) is 0 Å². The highest BCUT2D eigenvalue weighted by Gasteiger charge is 2.36. The fraction of sp³-hybridized carbons (Fsp3) is 0.231. The molecule has 2 aliphatic rings. The first kappa shape index (κ1) is 22.2. The third-order valence-corrected chi connectivity index (χ3v) is 7.58. The van der Waals surface area contributed by atoms with Crippen molar-refractivity contribution in [1.82, 2.24) is 0 Å². The molecule has 0 unspecified atom stereocenters. The molecule has 34 heavy (non-hydrogen) atoms. The highest BCUT2D eigenvalue weighted by molar-refractivity contribution is 7.90. The minimum absolute atomic E-state index is 0.0747. The molecule has 0 aromatic heterocycles. The molecule has 0 atom stereocenters. The Morgan fingerprint density at radius 3 is 2.38 bits per heavy atom. The van der Waals surface area contributed by atoms with Gasteiger partial charge in [0, 0.05) is 22.9 Å². The quantitative estimate of drug-likeness (QED) is 0.536. The fourth-order valence-corrected chi connectivity index (χ4v) is 5.83. The number of anilines is 3. The summed E-state index contributed by atoms with van der Waals surface area (Å²) in [4.78, 5) is 14.7. The average molecular weight is 476 g/mol. The fourth-order valence-electron chi connectivity index (χ4n) is 4.55. The average Bonchev–Trinajstić information content (AvgIpc) is 3.39. The Hall–Kier alpha value is -3.65. The van der Waals surface area contributed by atoms with Gasteiger partial charge >= 0.3 is 0 Å². The Labute approximate surface area is 199 Å². The molecule has 0 bridgehead atoms. The Balaban J connectivity index is 1.53. The van der Waals surface area contributed by atoms with Gasteiger partial charge in [-0.1, -0.05) is 31.0 Å². The largest absolute Gasteiger partial charge is 0.497 e. The molecule has 1 N–H and O–H groups in total. The summed E-state index contributed by atoms with van der Waals surface area (Å²) in [6.07, 6.45) is 3.97. The maximum Gasteiger partial charge on any atom is 0.286 e. The van der Waals surface area contributed by atoms with Crippen molar-refractivity contribution in [3.05, 3.63) is 78.4 Å². The van der Waals surface area contributed by atoms with Crippen molar-refractivity contribution in [1.29, 1.82) is 0 Å². The first-order valence-electron chi connectivity index (χ1n) is 11.3. The van der Waals surface area contributed by atoms with E-state index in [1.807, 2.05) is 35.2 Å². The Bertz CT molecular complexity index is 1350. The van der Waals surface area contributed by atoms with E-state index in [0.717, 1.165) is 31.4 Å². The van der Waals surface area contributed by atoms with E-state index < -0.39 is 10.0 Å². The van der Waals surface area contributed by atoms with Crippen LogP contribution in [0.2, 0.25) is 0 Å². The van der Waals surface area contributed by atoms with Crippen LogP contribution in [-0.2, 0) is 10.0 Å². The van der Waals surface area contributed by atoms with Gasteiger partial charge < -0.3 is 10.1 Å². The van der Waals surface area contributed by atoms with Crippen molar-refractivity contribution in [2.24, 2.45) is 10.3 Å². The van der Waals surface area contributed by atoms with Gasteiger partial charge in [0.15, 0.2) is 0 Å². The molecule has 174 valence electrons. The topological polar surface area (TPSA) is 88.1 Å². The van der Waals surface area contributed by atoms with Gasteiger partial charge in [-0.2, -0.15) is 8.42 Å². The van der Waals surface area contributed by atoms with Gasteiger partial charge in [0.1, 0.15) is 16.5 Å². The maximum atomic E-state index is 13.3. The highest BCUT2D eigenvalue weighted by atomic mass is 32.2. The number of sulfonamides is 1. The minimum Gasteiger partial charge on any atom is -0.497 e. The second-order valence-electron chi connectivity index (χ2n) is 8.44. The number of carbonyl (C=O) groups is 1. The lowest BCUT2D eigenvalue weighted by Gasteiger charge is -2.33. The zero-order valence-electron chi connectivity index (χ0n) is 18.8. The van der Waals surface area contributed by atoms with E-state index in [1.165, 1.54) is 6.07 Å². The van der Waals surface area contributed by atoms with Crippen molar-refractivity contribution in [2.75, 3.05) is 17.3 Å². The molecule has 5 rings (SSSR count). The lowest BCUT2D eigenvalue weighted by molar-refractivity contribution is 0.102. The van der Waals surface area contributed by atoms with E-state index in [2.05, 4.69) is 9.71 Å². The maximum absolute atomic E-state index is 13.3. The molecule has 1 aliphatic heterocycles. The number of rotatable bonds is 5. The van der Waals surface area contributed by atoms with E-state index in [9.17, 15) is 13.2 Å². The van der Waals surface area contributed by atoms with Crippen molar-refractivity contribution < 1.29 is 17.9 Å². The zero-order chi connectivity index (χ0) is 23.7. The molecule has 0 radical (unpaired) electrons. The number of para-hydroxylation sites is 1. The van der Waals surface area contributed by atoms with Crippen LogP contribution in [0.1, 0.15) is 36.0 Å². The van der Waals surface area contributed by atoms with Crippen LogP contribution in [0.25, 0.3) is 0 Å². The van der Waals surface area contributed by atoms with Crippen LogP contribution in [0.3, 0.4) is 0 Å². The van der Waals surface area contributed by atoms with Crippen LogP contribution in [0.5, 0.6) is 5.75 Å². The number of methoxy groups -OCH3 is 1. The normalized spacial score (nSPS) is 17.1. The van der Waals surface area contributed by atoms with Crippen LogP contribution in [0, 0.1) is 5.92 Å². The second-order valence-corrected chi connectivity index (χ2v) is 10.0. The first-order chi connectivity index (χ1) is 16.5. The molecule has 8 heteroatoms. The number of ether oxygens (including phenoxy) is 1. The van der Waals surface area contributed by atoms with Gasteiger partial charge in [-0.3, -0.25) is 9.69 Å². The summed E-state index contributed by atoms with van der Waals surface area (Å²) < 4.78 is 35.9. The Kier molecular flexibility index (Phi) is 5.83. The molecule has 1 heterocycles. The summed E-state index contributed by atoms with van der Waals surface area (Å²) in [7, 11) is -2.37. The smallest absolute Gasteiger partial charge is 0.286 e. The second kappa shape index (κ2) is 8.95. The van der Waals surface area contributed by atoms with Crippen LogP contribution < -0.4 is 15.0 Å². The molecule has 0 saturated heterocycles. The summed E-state index contributed by atoms with van der Waals surface area (Å²) in [6.45, 7) is 0. The predicted molar refractivity (Wildman–Crippen MR) is 133 cm³/mol. The first-order valence-corrected chi connectivity index (χ1v) is 12.7. The number of amidine groups is 1. The van der Waals surface area contributed by atoms with E-state index in [1.54, 1.807) is 43.5 Å². The molecular weight excluding hydrogens is 450 g/mol. The highest BCUT2D eigenvalue weighted by Crippen LogP contribution is 2.42. The molecular formula is C26H25N3O4S. The summed E-state index contributed by atoms with van der Waals surface area (Å²) >= 11 is 0. The Morgan fingerprint density at radius 1 is 1.00 bits per heavy atom. The molecule has 1 amide bonds. The molecule has 7 nitrogen and oxygen atoms in total. The Morgan fingerprint density at radius 2 is 1.71 bits per heavy atom. The zero-order valence-corrected chi connectivity index (χ0v) is 19.6. The number of hydrogen-bond acceptors (Lipinski definition) is 5. The van der Waals surface area contributed by atoms with Crippen LogP contribution in [-0.4, -0.2) is 27.3 Å². The monoisotopic (exact) mass is 475 g/mol. The van der Waals surface area contributed by atoms with E-state index in [-0.39, 0.29) is 16.7 Å². The van der Waals surface area contributed by atoms with E-state index >= 15 is 0 Å². The SMILES string of the molecule is COc1ccc(C(=O)Nc2ccc3c(c2)S(=O)(=O)N=C(C2CCCC2)N3c2ccccc2)cc1. The van der Waals surface area contributed by atoms with Crippen molar-refractivity contribution in [3.8, 4) is 5.75 Å². The third kappa shape index (κ3) is 4.17. The van der Waals surface area contributed by atoms with Gasteiger partial charge in [-0.05, 0) is 67.4 Å². The number of fused-ring (bicyclic) bond motifs is 1. The molecule has 1 fully saturated rings. The summed E-state index contributed by atoms with van der Waals surface area (Å²) in [5.41, 5.74) is 2.23. The number of nitrogens with zero attached hydrogens (tertiary/aromatic N) is 2. The standard InChI is InChI=1S/C26H25N3O4S/c1-33-22-14-11-19(12-15-22)26(30)27-20-13-16-23-24(17-20)34(31,32)28-25(18-7-5-6-8-18)29(23)21-9-3-2-4-10-21/h2-4,9-18H,5-8H2,1H3,(H,27,30). The molecule has 3 aromatic rings. The lowest BCUT2D eigenvalue weighted by atomic mass is 10.0. The van der Waals surface area contributed by atoms with Crippen LogP contribution >= 0.6 is 0 Å². The van der Waals surface area contributed by atoms with Gasteiger partial charge in [0.25, 0.3) is 15.9 Å². The summed E-state index contributed by atoms with van der Waals surface area (Å²) in [5, 5.41) is 2.79.